The van der Waals surface area contributed by atoms with Crippen LogP contribution in [0.15, 0.2) is 5.11 Å². The van der Waals surface area contributed by atoms with Gasteiger partial charge in [-0.3, -0.25) is 14.4 Å². The van der Waals surface area contributed by atoms with Gasteiger partial charge in [0.25, 0.3) is 0 Å². The molecule has 1 amide bonds. The van der Waals surface area contributed by atoms with Crippen molar-refractivity contribution in [1.29, 1.82) is 0 Å². The molecule has 0 heterocycles. The van der Waals surface area contributed by atoms with Gasteiger partial charge in [0.2, 0.25) is 5.91 Å². The van der Waals surface area contributed by atoms with Crippen LogP contribution in [0.5, 0.6) is 0 Å². The first-order valence-corrected chi connectivity index (χ1v) is 12.4. The average Bonchev–Trinajstić information content (AvgIpc) is 2.75. The maximum atomic E-state index is 12.3. The second kappa shape index (κ2) is 19.6. The number of nitrogens with one attached hydrogen (secondary N) is 1. The highest BCUT2D eigenvalue weighted by Crippen LogP contribution is 2.09. The minimum absolute atomic E-state index is 0.0796. The van der Waals surface area contributed by atoms with E-state index >= 15 is 0 Å². The van der Waals surface area contributed by atoms with E-state index in [0.29, 0.717) is 19.8 Å². The third-order valence-electron chi connectivity index (χ3n) is 3.99. The average molecular weight is 533 g/mol. The Labute approximate surface area is 219 Å². The molecule has 0 aliphatic carbocycles. The zero-order valence-corrected chi connectivity index (χ0v) is 23.1. The van der Waals surface area contributed by atoms with Crippen LogP contribution in [0.4, 0.5) is 0 Å². The van der Waals surface area contributed by atoms with E-state index in [2.05, 4.69) is 15.3 Å². The summed E-state index contributed by atoms with van der Waals surface area (Å²) < 4.78 is 32.2. The quantitative estimate of drug-likeness (QED) is 0.0815. The van der Waals surface area contributed by atoms with Gasteiger partial charge in [-0.05, 0) is 47.1 Å². The van der Waals surface area contributed by atoms with E-state index in [-0.39, 0.29) is 76.7 Å². The van der Waals surface area contributed by atoms with Gasteiger partial charge in [-0.2, -0.15) is 0 Å². The number of carbonyl (C=O) groups is 3. The normalized spacial score (nSPS) is 11.6. The molecule has 0 bridgehead atoms. The number of ether oxygens (including phenoxy) is 6. The molecule has 0 saturated carbocycles. The summed E-state index contributed by atoms with van der Waals surface area (Å²) in [6, 6.07) is -0.492. The minimum atomic E-state index is -0.574. The number of nitrogens with zero attached hydrogens (tertiary/aromatic N) is 3. The summed E-state index contributed by atoms with van der Waals surface area (Å²) in [6.07, 6.45) is 0.275. The molecule has 13 nitrogen and oxygen atoms in total. The van der Waals surface area contributed by atoms with Gasteiger partial charge in [0.1, 0.15) is 11.2 Å². The summed E-state index contributed by atoms with van der Waals surface area (Å²) in [5.41, 5.74) is 7.03. The fourth-order valence-electron chi connectivity index (χ4n) is 2.62. The Kier molecular flexibility index (Phi) is 18.3. The van der Waals surface area contributed by atoms with E-state index < -0.39 is 17.2 Å². The predicted octanol–water partition coefficient (Wildman–Crippen LogP) is 2.70. The molecule has 0 fully saturated rings. The van der Waals surface area contributed by atoms with Crippen molar-refractivity contribution < 1.29 is 42.8 Å². The molecule has 214 valence electrons. The number of hydrogen-bond acceptors (Lipinski definition) is 10. The molecule has 0 spiro atoms. The molecule has 0 saturated heterocycles. The Morgan fingerprint density at radius 3 is 1.65 bits per heavy atom. The maximum Gasteiger partial charge on any atom is 0.308 e. The van der Waals surface area contributed by atoms with Crippen LogP contribution in [0.25, 0.3) is 10.4 Å². The Morgan fingerprint density at radius 2 is 1.19 bits per heavy atom. The zero-order valence-electron chi connectivity index (χ0n) is 23.1. The number of azide groups is 1. The van der Waals surface area contributed by atoms with Crippen molar-refractivity contribution in [3.63, 3.8) is 0 Å². The van der Waals surface area contributed by atoms with Crippen LogP contribution in [0.3, 0.4) is 0 Å². The molecule has 0 radical (unpaired) electrons. The SMILES string of the molecule is CC(C)(C)OC(=O)CCOCC(COCCC(=O)OC(C)(C)C)NC(=O)CCOCCOCCN=[N+]=[N-]. The standard InChI is InChI=1S/C24H44N4O9/c1-23(2,3)36-21(30)8-12-34-17-19(18-35-13-9-22(31)37-24(4,5)6)27-20(29)7-11-32-15-16-33-14-10-26-28-25/h19H,7-18H2,1-6H3,(H,27,29). The number of esters is 2. The monoisotopic (exact) mass is 532 g/mol. The first kappa shape index (κ1) is 34.6. The lowest BCUT2D eigenvalue weighted by Crippen LogP contribution is -2.42. The van der Waals surface area contributed by atoms with Crippen LogP contribution in [-0.2, 0) is 42.8 Å². The molecule has 37 heavy (non-hydrogen) atoms. The van der Waals surface area contributed by atoms with Crippen molar-refractivity contribution in [2.45, 2.75) is 78.0 Å². The molecule has 0 aromatic rings. The van der Waals surface area contributed by atoms with Crippen LogP contribution < -0.4 is 5.32 Å². The Hall–Kier alpha value is -2.44. The van der Waals surface area contributed by atoms with Crippen LogP contribution >= 0.6 is 0 Å². The number of rotatable bonds is 20. The van der Waals surface area contributed by atoms with Gasteiger partial charge >= 0.3 is 11.9 Å². The molecular formula is C24H44N4O9. The molecule has 0 aliphatic rings. The first-order chi connectivity index (χ1) is 17.3. The number of amides is 1. The van der Waals surface area contributed by atoms with Crippen molar-refractivity contribution in [3.8, 4) is 0 Å². The van der Waals surface area contributed by atoms with E-state index in [0.717, 1.165) is 0 Å². The van der Waals surface area contributed by atoms with Gasteiger partial charge < -0.3 is 33.7 Å². The van der Waals surface area contributed by atoms with E-state index in [1.54, 1.807) is 41.5 Å². The number of hydrogen-bond donors (Lipinski definition) is 1. The molecule has 0 aromatic carbocycles. The van der Waals surface area contributed by atoms with Crippen molar-refractivity contribution in [2.75, 3.05) is 59.4 Å². The molecule has 0 rings (SSSR count). The molecular weight excluding hydrogens is 488 g/mol. The Morgan fingerprint density at radius 1 is 0.730 bits per heavy atom. The summed E-state index contributed by atoms with van der Waals surface area (Å²) in [4.78, 5) is 38.6. The molecule has 13 heteroatoms. The van der Waals surface area contributed by atoms with Crippen molar-refractivity contribution in [2.24, 2.45) is 5.11 Å². The third-order valence-corrected chi connectivity index (χ3v) is 3.99. The van der Waals surface area contributed by atoms with Crippen molar-refractivity contribution in [1.82, 2.24) is 5.32 Å². The molecule has 0 aliphatic heterocycles. The fourth-order valence-corrected chi connectivity index (χ4v) is 2.62. The highest BCUT2D eigenvalue weighted by Gasteiger charge is 2.18. The third kappa shape index (κ3) is 25.0. The molecule has 0 unspecified atom stereocenters. The largest absolute Gasteiger partial charge is 0.460 e. The van der Waals surface area contributed by atoms with Crippen LogP contribution in [0, 0.1) is 0 Å². The van der Waals surface area contributed by atoms with Gasteiger partial charge in [-0.15, -0.1) is 0 Å². The lowest BCUT2D eigenvalue weighted by molar-refractivity contribution is -0.157. The fraction of sp³-hybridized carbons (Fsp3) is 0.875. The van der Waals surface area contributed by atoms with E-state index in [1.807, 2.05) is 0 Å². The highest BCUT2D eigenvalue weighted by atomic mass is 16.6. The van der Waals surface area contributed by atoms with Gasteiger partial charge in [0, 0.05) is 17.9 Å². The highest BCUT2D eigenvalue weighted by molar-refractivity contribution is 5.76. The summed E-state index contributed by atoms with van der Waals surface area (Å²) >= 11 is 0. The summed E-state index contributed by atoms with van der Waals surface area (Å²) in [6.45, 7) is 12.6. The smallest absolute Gasteiger partial charge is 0.308 e. The van der Waals surface area contributed by atoms with Crippen LogP contribution in [0.1, 0.15) is 60.8 Å². The number of carbonyl (C=O) groups excluding carboxylic acids is 3. The van der Waals surface area contributed by atoms with Gasteiger partial charge in [0.05, 0.1) is 71.7 Å². The van der Waals surface area contributed by atoms with Gasteiger partial charge in [-0.1, -0.05) is 5.11 Å². The van der Waals surface area contributed by atoms with Crippen molar-refractivity contribution in [3.05, 3.63) is 10.4 Å². The summed E-state index contributed by atoms with van der Waals surface area (Å²) in [5, 5.41) is 6.17. The Balaban J connectivity index is 4.41. The van der Waals surface area contributed by atoms with Gasteiger partial charge in [-0.25, -0.2) is 0 Å². The first-order valence-electron chi connectivity index (χ1n) is 12.4. The molecule has 0 atom stereocenters. The zero-order chi connectivity index (χ0) is 28.2. The lowest BCUT2D eigenvalue weighted by atomic mass is 10.2. The second-order valence-electron chi connectivity index (χ2n) is 10.0. The molecule has 0 aromatic heterocycles. The Bertz CT molecular complexity index is 678. The van der Waals surface area contributed by atoms with Crippen LogP contribution in [0.2, 0.25) is 0 Å². The minimum Gasteiger partial charge on any atom is -0.460 e. The van der Waals surface area contributed by atoms with E-state index in [1.165, 1.54) is 0 Å². The summed E-state index contributed by atoms with van der Waals surface area (Å²) in [5.74, 6) is -1.01. The topological polar surface area (TPSA) is 167 Å². The van der Waals surface area contributed by atoms with Crippen LogP contribution in [-0.4, -0.2) is 94.5 Å². The predicted molar refractivity (Wildman–Crippen MR) is 135 cm³/mol. The molecule has 1 N–H and O–H groups in total. The van der Waals surface area contributed by atoms with Crippen molar-refractivity contribution >= 4 is 17.8 Å². The van der Waals surface area contributed by atoms with Gasteiger partial charge in [0.15, 0.2) is 0 Å². The van der Waals surface area contributed by atoms with E-state index in [4.69, 9.17) is 34.0 Å². The van der Waals surface area contributed by atoms with E-state index in [9.17, 15) is 14.4 Å². The summed E-state index contributed by atoms with van der Waals surface area (Å²) in [7, 11) is 0. The lowest BCUT2D eigenvalue weighted by Gasteiger charge is -2.21. The maximum absolute atomic E-state index is 12.3. The second-order valence-corrected chi connectivity index (χ2v) is 10.0.